The maximum absolute atomic E-state index is 11.3. The molecule has 6 heteroatoms. The maximum atomic E-state index is 11.3. The quantitative estimate of drug-likeness (QED) is 0.661. The van der Waals surface area contributed by atoms with E-state index < -0.39 is 12.1 Å². The normalized spacial score (nSPS) is 11.7. The van der Waals surface area contributed by atoms with Gasteiger partial charge in [-0.2, -0.15) is 0 Å². The Morgan fingerprint density at radius 2 is 2.07 bits per heavy atom. The van der Waals surface area contributed by atoms with Gasteiger partial charge in [0.2, 0.25) is 0 Å². The van der Waals surface area contributed by atoms with Crippen LogP contribution in [0.2, 0.25) is 0 Å². The number of carbonyl (C=O) groups is 2. The molecule has 82 valence electrons. The predicted molar refractivity (Wildman–Crippen MR) is 49.4 cm³/mol. The first-order valence-corrected chi connectivity index (χ1v) is 4.27. The molecule has 0 heterocycles. The molecule has 0 bridgehead atoms. The van der Waals surface area contributed by atoms with Crippen LogP contribution in [0.3, 0.4) is 0 Å². The molecule has 0 aromatic carbocycles. The van der Waals surface area contributed by atoms with Crippen molar-refractivity contribution >= 4 is 12.0 Å². The van der Waals surface area contributed by atoms with Crippen molar-refractivity contribution in [2.75, 3.05) is 20.8 Å². The van der Waals surface area contributed by atoms with Gasteiger partial charge in [-0.1, -0.05) is 0 Å². The van der Waals surface area contributed by atoms with Crippen LogP contribution in [0.4, 0.5) is 4.79 Å². The SMILES string of the molecule is CCOC(=O)NC(C)C(=O)N(C)OC. The number of carbonyl (C=O) groups excluding carboxylic acids is 2. The Morgan fingerprint density at radius 3 is 2.50 bits per heavy atom. The average molecular weight is 204 g/mol. The Bertz CT molecular complexity index is 208. The van der Waals surface area contributed by atoms with Gasteiger partial charge in [0.15, 0.2) is 0 Å². The fraction of sp³-hybridized carbons (Fsp3) is 0.750. The molecule has 0 aliphatic carbocycles. The third-order valence-corrected chi connectivity index (χ3v) is 1.56. The Kier molecular flexibility index (Phi) is 5.62. The first kappa shape index (κ1) is 12.7. The molecule has 0 rings (SSSR count). The van der Waals surface area contributed by atoms with Gasteiger partial charge in [-0.05, 0) is 13.8 Å². The monoisotopic (exact) mass is 204 g/mol. The van der Waals surface area contributed by atoms with E-state index in [0.29, 0.717) is 0 Å². The minimum absolute atomic E-state index is 0.271. The van der Waals surface area contributed by atoms with Crippen LogP contribution in [0.15, 0.2) is 0 Å². The van der Waals surface area contributed by atoms with Crippen LogP contribution in [0.25, 0.3) is 0 Å². The smallest absolute Gasteiger partial charge is 0.407 e. The number of rotatable bonds is 4. The summed E-state index contributed by atoms with van der Waals surface area (Å²) < 4.78 is 4.61. The third kappa shape index (κ3) is 4.08. The van der Waals surface area contributed by atoms with E-state index in [0.717, 1.165) is 5.06 Å². The standard InChI is InChI=1S/C8H16N2O4/c1-5-14-8(12)9-6(2)7(11)10(3)13-4/h6H,5H2,1-4H3,(H,9,12). The molecule has 0 saturated heterocycles. The van der Waals surface area contributed by atoms with Gasteiger partial charge >= 0.3 is 6.09 Å². The molecule has 0 aromatic rings. The predicted octanol–water partition coefficient (Wildman–Crippen LogP) is 0.141. The third-order valence-electron chi connectivity index (χ3n) is 1.56. The van der Waals surface area contributed by atoms with Gasteiger partial charge in [-0.3, -0.25) is 9.63 Å². The summed E-state index contributed by atoms with van der Waals surface area (Å²) in [5, 5.41) is 3.40. The van der Waals surface area contributed by atoms with E-state index in [1.54, 1.807) is 13.8 Å². The van der Waals surface area contributed by atoms with Crippen LogP contribution < -0.4 is 5.32 Å². The molecule has 14 heavy (non-hydrogen) atoms. The lowest BCUT2D eigenvalue weighted by Crippen LogP contribution is -2.45. The zero-order valence-corrected chi connectivity index (χ0v) is 8.86. The molecule has 2 amide bonds. The number of nitrogens with zero attached hydrogens (tertiary/aromatic N) is 1. The second-order valence-electron chi connectivity index (χ2n) is 2.60. The van der Waals surface area contributed by atoms with Crippen LogP contribution in [-0.2, 0) is 14.4 Å². The number of hydrogen-bond donors (Lipinski definition) is 1. The molecule has 1 N–H and O–H groups in total. The number of hydroxylamine groups is 2. The number of ether oxygens (including phenoxy) is 1. The Balaban J connectivity index is 4.01. The van der Waals surface area contributed by atoms with E-state index in [4.69, 9.17) is 0 Å². The zero-order valence-electron chi connectivity index (χ0n) is 8.86. The lowest BCUT2D eigenvalue weighted by molar-refractivity contribution is -0.170. The van der Waals surface area contributed by atoms with Gasteiger partial charge in [0.05, 0.1) is 13.7 Å². The summed E-state index contributed by atoms with van der Waals surface area (Å²) in [7, 11) is 2.83. The van der Waals surface area contributed by atoms with Crippen LogP contribution in [0.5, 0.6) is 0 Å². The second-order valence-corrected chi connectivity index (χ2v) is 2.60. The van der Waals surface area contributed by atoms with Crippen LogP contribution >= 0.6 is 0 Å². The van der Waals surface area contributed by atoms with Crippen molar-refractivity contribution in [3.05, 3.63) is 0 Å². The van der Waals surface area contributed by atoms with Gasteiger partial charge in [-0.25, -0.2) is 9.86 Å². The highest BCUT2D eigenvalue weighted by Gasteiger charge is 2.19. The van der Waals surface area contributed by atoms with E-state index in [2.05, 4.69) is 14.9 Å². The highest BCUT2D eigenvalue weighted by atomic mass is 16.7. The molecule has 0 aromatic heterocycles. The van der Waals surface area contributed by atoms with Crippen molar-refractivity contribution < 1.29 is 19.2 Å². The number of likely N-dealkylation sites (N-methyl/N-ethyl adjacent to an activating group) is 1. The van der Waals surface area contributed by atoms with E-state index in [1.807, 2.05) is 0 Å². The number of amides is 2. The highest BCUT2D eigenvalue weighted by Crippen LogP contribution is 1.92. The molecule has 1 unspecified atom stereocenters. The summed E-state index contributed by atoms with van der Waals surface area (Å²) in [4.78, 5) is 26.9. The van der Waals surface area contributed by atoms with Gasteiger partial charge in [-0.15, -0.1) is 0 Å². The Hall–Kier alpha value is -1.30. The summed E-state index contributed by atoms with van der Waals surface area (Å²) in [6.45, 7) is 3.51. The maximum Gasteiger partial charge on any atom is 0.407 e. The molecule has 6 nitrogen and oxygen atoms in total. The second kappa shape index (κ2) is 6.20. The average Bonchev–Trinajstić information content (AvgIpc) is 2.15. The molecule has 0 aliphatic rings. The summed E-state index contributed by atoms with van der Waals surface area (Å²) >= 11 is 0. The van der Waals surface area contributed by atoms with Crippen LogP contribution in [0.1, 0.15) is 13.8 Å². The largest absolute Gasteiger partial charge is 0.450 e. The highest BCUT2D eigenvalue weighted by molar-refractivity contribution is 5.84. The fourth-order valence-corrected chi connectivity index (χ4v) is 0.774. The molecule has 0 aliphatic heterocycles. The van der Waals surface area contributed by atoms with Gasteiger partial charge in [0.1, 0.15) is 6.04 Å². The number of hydrogen-bond acceptors (Lipinski definition) is 4. The van der Waals surface area contributed by atoms with Crippen LogP contribution in [-0.4, -0.2) is 43.9 Å². The summed E-state index contributed by atoms with van der Waals surface area (Å²) in [6.07, 6.45) is -0.613. The summed E-state index contributed by atoms with van der Waals surface area (Å²) in [5.41, 5.74) is 0. The Labute approximate surface area is 83.1 Å². The van der Waals surface area contributed by atoms with E-state index >= 15 is 0 Å². The van der Waals surface area contributed by atoms with Crippen molar-refractivity contribution in [3.63, 3.8) is 0 Å². The van der Waals surface area contributed by atoms with E-state index in [1.165, 1.54) is 14.2 Å². The zero-order chi connectivity index (χ0) is 11.1. The first-order valence-electron chi connectivity index (χ1n) is 4.27. The minimum atomic E-state index is -0.668. The van der Waals surface area contributed by atoms with Gasteiger partial charge in [0, 0.05) is 7.05 Å². The minimum Gasteiger partial charge on any atom is -0.450 e. The molecule has 0 saturated carbocycles. The van der Waals surface area contributed by atoms with Gasteiger partial charge in [0.25, 0.3) is 5.91 Å². The topological polar surface area (TPSA) is 67.9 Å². The van der Waals surface area contributed by atoms with Crippen LogP contribution in [0, 0.1) is 0 Å². The molecule has 0 radical (unpaired) electrons. The number of nitrogens with one attached hydrogen (secondary N) is 1. The molecular weight excluding hydrogens is 188 g/mol. The molecule has 1 atom stereocenters. The van der Waals surface area contributed by atoms with Crippen molar-refractivity contribution in [3.8, 4) is 0 Å². The van der Waals surface area contributed by atoms with Crippen molar-refractivity contribution in [2.24, 2.45) is 0 Å². The van der Waals surface area contributed by atoms with Crippen molar-refractivity contribution in [2.45, 2.75) is 19.9 Å². The number of alkyl carbamates (subject to hydrolysis) is 1. The molecular formula is C8H16N2O4. The molecule has 0 spiro atoms. The van der Waals surface area contributed by atoms with Crippen molar-refractivity contribution in [1.29, 1.82) is 0 Å². The summed E-state index contributed by atoms with van der Waals surface area (Å²) in [6, 6.07) is -0.668. The lowest BCUT2D eigenvalue weighted by atomic mass is 10.3. The van der Waals surface area contributed by atoms with Crippen molar-refractivity contribution in [1.82, 2.24) is 10.4 Å². The first-order chi connectivity index (χ1) is 6.52. The van der Waals surface area contributed by atoms with E-state index in [-0.39, 0.29) is 12.5 Å². The Morgan fingerprint density at radius 1 is 1.50 bits per heavy atom. The van der Waals surface area contributed by atoms with Gasteiger partial charge < -0.3 is 10.1 Å². The lowest BCUT2D eigenvalue weighted by Gasteiger charge is -2.19. The van der Waals surface area contributed by atoms with E-state index in [9.17, 15) is 9.59 Å². The molecule has 0 fully saturated rings. The fourth-order valence-electron chi connectivity index (χ4n) is 0.774. The summed E-state index contributed by atoms with van der Waals surface area (Å²) in [5.74, 6) is -0.347.